The average Bonchev–Trinajstić information content (AvgIpc) is 2.63. The van der Waals surface area contributed by atoms with Gasteiger partial charge in [-0.05, 0) is 12.8 Å². The van der Waals surface area contributed by atoms with E-state index in [1.54, 1.807) is 7.11 Å². The standard InChI is InChI=1S/C11H21N3O/c1-4-10(15-3)9(12)5-6-11-13-7-8-14(11)2/h7-10H,4-6,12H2,1-3H3. The van der Waals surface area contributed by atoms with Gasteiger partial charge in [0.25, 0.3) is 0 Å². The summed E-state index contributed by atoms with van der Waals surface area (Å²) in [5.41, 5.74) is 6.04. The highest BCUT2D eigenvalue weighted by Gasteiger charge is 2.15. The van der Waals surface area contributed by atoms with E-state index in [-0.39, 0.29) is 12.1 Å². The first-order valence-corrected chi connectivity index (χ1v) is 5.43. The number of hydrogen-bond acceptors (Lipinski definition) is 3. The van der Waals surface area contributed by atoms with Gasteiger partial charge in [-0.2, -0.15) is 0 Å². The molecule has 0 fully saturated rings. The summed E-state index contributed by atoms with van der Waals surface area (Å²) in [4.78, 5) is 4.27. The van der Waals surface area contributed by atoms with Crippen LogP contribution in [-0.2, 0) is 18.2 Å². The minimum absolute atomic E-state index is 0.0942. The second kappa shape index (κ2) is 5.88. The summed E-state index contributed by atoms with van der Waals surface area (Å²) >= 11 is 0. The van der Waals surface area contributed by atoms with Gasteiger partial charge < -0.3 is 15.0 Å². The molecule has 15 heavy (non-hydrogen) atoms. The highest BCUT2D eigenvalue weighted by molar-refractivity contribution is 4.92. The zero-order chi connectivity index (χ0) is 11.3. The Bertz CT molecular complexity index is 281. The van der Waals surface area contributed by atoms with Crippen LogP contribution in [0.2, 0.25) is 0 Å². The smallest absolute Gasteiger partial charge is 0.108 e. The molecule has 0 saturated carbocycles. The molecule has 0 aliphatic carbocycles. The molecule has 1 aromatic heterocycles. The van der Waals surface area contributed by atoms with Crippen LogP contribution in [0.1, 0.15) is 25.6 Å². The summed E-state index contributed by atoms with van der Waals surface area (Å²) in [6.07, 6.45) is 6.70. The van der Waals surface area contributed by atoms with Crippen LogP contribution < -0.4 is 5.73 Å². The zero-order valence-electron chi connectivity index (χ0n) is 9.81. The second-order valence-electron chi connectivity index (χ2n) is 3.84. The van der Waals surface area contributed by atoms with Gasteiger partial charge in [-0.25, -0.2) is 4.98 Å². The topological polar surface area (TPSA) is 53.1 Å². The summed E-state index contributed by atoms with van der Waals surface area (Å²) in [6.45, 7) is 2.09. The third kappa shape index (κ3) is 3.32. The molecule has 0 aliphatic heterocycles. The third-order valence-corrected chi connectivity index (χ3v) is 2.80. The lowest BCUT2D eigenvalue weighted by molar-refractivity contribution is 0.0747. The Labute approximate surface area is 91.4 Å². The van der Waals surface area contributed by atoms with E-state index in [1.807, 2.05) is 24.0 Å². The maximum absolute atomic E-state index is 6.04. The molecule has 0 bridgehead atoms. The van der Waals surface area contributed by atoms with Gasteiger partial charge in [0.2, 0.25) is 0 Å². The Morgan fingerprint density at radius 1 is 1.60 bits per heavy atom. The molecular weight excluding hydrogens is 190 g/mol. The van der Waals surface area contributed by atoms with Gasteiger partial charge >= 0.3 is 0 Å². The fourth-order valence-corrected chi connectivity index (χ4v) is 1.76. The van der Waals surface area contributed by atoms with Crippen molar-refractivity contribution in [2.45, 2.75) is 38.3 Å². The number of nitrogens with zero attached hydrogens (tertiary/aromatic N) is 2. The average molecular weight is 211 g/mol. The van der Waals surface area contributed by atoms with Crippen LogP contribution in [0.5, 0.6) is 0 Å². The van der Waals surface area contributed by atoms with E-state index in [0.717, 1.165) is 25.1 Å². The van der Waals surface area contributed by atoms with Crippen molar-refractivity contribution in [1.29, 1.82) is 0 Å². The Morgan fingerprint density at radius 3 is 2.80 bits per heavy atom. The molecule has 1 heterocycles. The van der Waals surface area contributed by atoms with Crippen LogP contribution in [0.15, 0.2) is 12.4 Å². The van der Waals surface area contributed by atoms with E-state index in [4.69, 9.17) is 10.5 Å². The maximum Gasteiger partial charge on any atom is 0.108 e. The number of aromatic nitrogens is 2. The number of imidazole rings is 1. The molecule has 0 radical (unpaired) electrons. The molecule has 0 aromatic carbocycles. The monoisotopic (exact) mass is 211 g/mol. The Hall–Kier alpha value is -0.870. The van der Waals surface area contributed by atoms with Gasteiger partial charge in [-0.3, -0.25) is 0 Å². The van der Waals surface area contributed by atoms with Gasteiger partial charge in [-0.15, -0.1) is 0 Å². The van der Waals surface area contributed by atoms with Crippen molar-refractivity contribution < 1.29 is 4.74 Å². The lowest BCUT2D eigenvalue weighted by atomic mass is 10.0. The molecule has 86 valence electrons. The van der Waals surface area contributed by atoms with Crippen LogP contribution >= 0.6 is 0 Å². The lowest BCUT2D eigenvalue weighted by Gasteiger charge is -2.20. The molecule has 2 unspecified atom stereocenters. The highest BCUT2D eigenvalue weighted by Crippen LogP contribution is 2.08. The van der Waals surface area contributed by atoms with Gasteiger partial charge in [0.15, 0.2) is 0 Å². The summed E-state index contributed by atoms with van der Waals surface area (Å²) in [5.74, 6) is 1.08. The first-order valence-electron chi connectivity index (χ1n) is 5.43. The first kappa shape index (κ1) is 12.2. The molecule has 1 aromatic rings. The molecule has 4 nitrogen and oxygen atoms in total. The molecular formula is C11H21N3O. The predicted molar refractivity (Wildman–Crippen MR) is 60.6 cm³/mol. The van der Waals surface area contributed by atoms with Crippen molar-refractivity contribution >= 4 is 0 Å². The van der Waals surface area contributed by atoms with Crippen LogP contribution in [0, 0.1) is 0 Å². The van der Waals surface area contributed by atoms with E-state index >= 15 is 0 Å². The van der Waals surface area contributed by atoms with Crippen molar-refractivity contribution in [3.05, 3.63) is 18.2 Å². The summed E-state index contributed by atoms with van der Waals surface area (Å²) in [6, 6.07) is 0.0942. The van der Waals surface area contributed by atoms with Crippen molar-refractivity contribution in [3.63, 3.8) is 0 Å². The highest BCUT2D eigenvalue weighted by atomic mass is 16.5. The van der Waals surface area contributed by atoms with Gasteiger partial charge in [0.1, 0.15) is 5.82 Å². The van der Waals surface area contributed by atoms with E-state index < -0.39 is 0 Å². The van der Waals surface area contributed by atoms with Crippen LogP contribution in [0.3, 0.4) is 0 Å². The molecule has 0 saturated heterocycles. The normalized spacial score (nSPS) is 15.2. The van der Waals surface area contributed by atoms with Crippen LogP contribution in [-0.4, -0.2) is 28.8 Å². The van der Waals surface area contributed by atoms with E-state index in [2.05, 4.69) is 11.9 Å². The van der Waals surface area contributed by atoms with Crippen LogP contribution in [0.4, 0.5) is 0 Å². The van der Waals surface area contributed by atoms with Crippen LogP contribution in [0.25, 0.3) is 0 Å². The Kier molecular flexibility index (Phi) is 4.78. The van der Waals surface area contributed by atoms with Gasteiger partial charge in [-0.1, -0.05) is 6.92 Å². The van der Waals surface area contributed by atoms with Crippen molar-refractivity contribution in [2.75, 3.05) is 7.11 Å². The maximum atomic E-state index is 6.04. The number of hydrogen-bond donors (Lipinski definition) is 1. The SMILES string of the molecule is CCC(OC)C(N)CCc1nccn1C. The van der Waals surface area contributed by atoms with E-state index in [9.17, 15) is 0 Å². The molecule has 2 N–H and O–H groups in total. The molecule has 1 rings (SSSR count). The molecule has 2 atom stereocenters. The number of aryl methyl sites for hydroxylation is 2. The first-order chi connectivity index (χ1) is 7.19. The van der Waals surface area contributed by atoms with Crippen molar-refractivity contribution in [1.82, 2.24) is 9.55 Å². The minimum atomic E-state index is 0.0942. The van der Waals surface area contributed by atoms with Gasteiger partial charge in [0.05, 0.1) is 6.10 Å². The number of methoxy groups -OCH3 is 1. The van der Waals surface area contributed by atoms with E-state index in [0.29, 0.717) is 0 Å². The fraction of sp³-hybridized carbons (Fsp3) is 0.727. The Morgan fingerprint density at radius 2 is 2.33 bits per heavy atom. The quantitative estimate of drug-likeness (QED) is 0.766. The zero-order valence-corrected chi connectivity index (χ0v) is 9.81. The number of ether oxygens (including phenoxy) is 1. The largest absolute Gasteiger partial charge is 0.380 e. The summed E-state index contributed by atoms with van der Waals surface area (Å²) in [5, 5.41) is 0. The van der Waals surface area contributed by atoms with Crippen molar-refractivity contribution in [3.8, 4) is 0 Å². The number of nitrogens with two attached hydrogens (primary N) is 1. The molecule has 4 heteroatoms. The summed E-state index contributed by atoms with van der Waals surface area (Å²) in [7, 11) is 3.72. The second-order valence-corrected chi connectivity index (χ2v) is 3.84. The predicted octanol–water partition coefficient (Wildman–Crippen LogP) is 1.10. The van der Waals surface area contributed by atoms with Crippen molar-refractivity contribution in [2.24, 2.45) is 12.8 Å². The molecule has 0 amide bonds. The third-order valence-electron chi connectivity index (χ3n) is 2.80. The molecule has 0 spiro atoms. The number of rotatable bonds is 6. The summed E-state index contributed by atoms with van der Waals surface area (Å²) < 4.78 is 7.34. The molecule has 0 aliphatic rings. The lowest BCUT2D eigenvalue weighted by Crippen LogP contribution is -2.36. The minimum Gasteiger partial charge on any atom is -0.380 e. The van der Waals surface area contributed by atoms with E-state index in [1.165, 1.54) is 0 Å². The Balaban J connectivity index is 2.40. The fourth-order valence-electron chi connectivity index (χ4n) is 1.76. The van der Waals surface area contributed by atoms with Gasteiger partial charge in [0, 0.05) is 39.0 Å².